The number of hydrogen-bond acceptors (Lipinski definition) is 3. The largest absolute Gasteiger partial charge is 0.481 e. The van der Waals surface area contributed by atoms with Gasteiger partial charge in [-0.3, -0.25) is 14.4 Å². The van der Waals surface area contributed by atoms with Crippen LogP contribution in [0.4, 0.5) is 10.1 Å². The Balaban J connectivity index is 1.73. The molecule has 0 aromatic heterocycles. The summed E-state index contributed by atoms with van der Waals surface area (Å²) in [5.41, 5.74) is 0.854. The number of anilines is 1. The fourth-order valence-corrected chi connectivity index (χ4v) is 3.15. The zero-order valence-corrected chi connectivity index (χ0v) is 18.2. The van der Waals surface area contributed by atoms with Crippen LogP contribution in [0.2, 0.25) is 5.02 Å². The summed E-state index contributed by atoms with van der Waals surface area (Å²) < 4.78 is 14.6. The number of benzene rings is 3. The Kier molecular flexibility index (Phi) is 6.75. The van der Waals surface area contributed by atoms with Crippen molar-refractivity contribution >= 4 is 34.9 Å². The number of aliphatic carboxylic acids is 1. The number of carbonyl (C=O) groups excluding carboxylic acids is 2. The predicted molar refractivity (Wildman–Crippen MR) is 122 cm³/mol. The number of nitrogens with one attached hydrogen (secondary N) is 1. The third-order valence-corrected chi connectivity index (χ3v) is 5.30. The predicted octanol–water partition coefficient (Wildman–Crippen LogP) is 6.08. The van der Waals surface area contributed by atoms with Crippen LogP contribution in [0, 0.1) is 11.2 Å². The van der Waals surface area contributed by atoms with Gasteiger partial charge in [0.25, 0.3) is 5.91 Å². The highest BCUT2D eigenvalue weighted by Gasteiger charge is 2.30. The van der Waals surface area contributed by atoms with Gasteiger partial charge in [0, 0.05) is 22.6 Å². The van der Waals surface area contributed by atoms with Crippen molar-refractivity contribution in [2.45, 2.75) is 20.3 Å². The minimum Gasteiger partial charge on any atom is -0.481 e. The molecule has 0 saturated carbocycles. The molecule has 3 aromatic rings. The van der Waals surface area contributed by atoms with E-state index in [1.807, 2.05) is 0 Å². The molecule has 3 aromatic carbocycles. The van der Waals surface area contributed by atoms with E-state index in [9.17, 15) is 23.9 Å². The summed E-state index contributed by atoms with van der Waals surface area (Å²) in [6.07, 6.45) is -0.127. The maximum Gasteiger partial charge on any atom is 0.309 e. The van der Waals surface area contributed by atoms with Crippen LogP contribution in [-0.2, 0) is 4.79 Å². The first-order valence-electron chi connectivity index (χ1n) is 9.80. The van der Waals surface area contributed by atoms with Crippen LogP contribution in [-0.4, -0.2) is 22.8 Å². The van der Waals surface area contributed by atoms with E-state index in [0.29, 0.717) is 27.3 Å². The monoisotopic (exact) mass is 453 g/mol. The average Bonchev–Trinajstić information content (AvgIpc) is 2.75. The third-order valence-electron chi connectivity index (χ3n) is 5.05. The molecule has 32 heavy (non-hydrogen) atoms. The Hall–Kier alpha value is -3.51. The zero-order valence-electron chi connectivity index (χ0n) is 17.5. The van der Waals surface area contributed by atoms with E-state index in [4.69, 9.17) is 11.6 Å². The summed E-state index contributed by atoms with van der Waals surface area (Å²) in [5, 5.41) is 12.2. The average molecular weight is 454 g/mol. The lowest BCUT2D eigenvalue weighted by Crippen LogP contribution is -2.26. The minimum absolute atomic E-state index is 0.0383. The Labute approximate surface area is 189 Å². The van der Waals surface area contributed by atoms with Crippen LogP contribution in [0.1, 0.15) is 41.0 Å². The van der Waals surface area contributed by atoms with Crippen LogP contribution in [0.3, 0.4) is 0 Å². The highest BCUT2D eigenvalue weighted by atomic mass is 35.5. The van der Waals surface area contributed by atoms with Crippen molar-refractivity contribution in [3.63, 3.8) is 0 Å². The van der Waals surface area contributed by atoms with E-state index in [-0.39, 0.29) is 17.9 Å². The molecule has 2 N–H and O–H groups in total. The fourth-order valence-electron chi connectivity index (χ4n) is 3.02. The third kappa shape index (κ3) is 5.39. The highest BCUT2D eigenvalue weighted by molar-refractivity contribution is 6.30. The summed E-state index contributed by atoms with van der Waals surface area (Å²) in [6.45, 7) is 3.00. The number of Topliss-reactive ketones (excluding diaryl/α,β-unsaturated/α-hetero) is 1. The van der Waals surface area contributed by atoms with Crippen LogP contribution in [0.5, 0.6) is 0 Å². The zero-order chi connectivity index (χ0) is 23.5. The van der Waals surface area contributed by atoms with Gasteiger partial charge in [-0.1, -0.05) is 41.9 Å². The van der Waals surface area contributed by atoms with Crippen molar-refractivity contribution in [2.24, 2.45) is 5.41 Å². The minimum atomic E-state index is -1.16. The Morgan fingerprint density at radius 1 is 0.906 bits per heavy atom. The second-order valence-corrected chi connectivity index (χ2v) is 8.46. The molecule has 164 valence electrons. The summed E-state index contributed by atoms with van der Waals surface area (Å²) >= 11 is 5.81. The molecule has 3 rings (SSSR count). The topological polar surface area (TPSA) is 83.5 Å². The number of carboxylic acids is 1. The van der Waals surface area contributed by atoms with Gasteiger partial charge in [-0.2, -0.15) is 0 Å². The molecule has 0 unspecified atom stereocenters. The first-order chi connectivity index (χ1) is 15.1. The molecule has 0 fully saturated rings. The van der Waals surface area contributed by atoms with Crippen LogP contribution >= 0.6 is 11.6 Å². The second kappa shape index (κ2) is 9.32. The molecular weight excluding hydrogens is 433 g/mol. The Morgan fingerprint density at radius 3 is 2.03 bits per heavy atom. The molecular formula is C25H21ClFNO4. The fraction of sp³-hybridized carbons (Fsp3) is 0.160. The number of rotatable bonds is 7. The van der Waals surface area contributed by atoms with E-state index in [1.54, 1.807) is 54.6 Å². The van der Waals surface area contributed by atoms with Gasteiger partial charge in [0.2, 0.25) is 0 Å². The normalized spacial score (nSPS) is 11.1. The van der Waals surface area contributed by atoms with Crippen molar-refractivity contribution in [1.29, 1.82) is 0 Å². The quantitative estimate of drug-likeness (QED) is 0.424. The molecule has 0 bridgehead atoms. The van der Waals surface area contributed by atoms with Gasteiger partial charge >= 0.3 is 5.97 Å². The van der Waals surface area contributed by atoms with Crippen LogP contribution in [0.25, 0.3) is 11.1 Å². The van der Waals surface area contributed by atoms with Crippen LogP contribution < -0.4 is 5.32 Å². The first-order valence-corrected chi connectivity index (χ1v) is 10.2. The number of hydrogen-bond donors (Lipinski definition) is 2. The molecule has 0 aliphatic heterocycles. The van der Waals surface area contributed by atoms with Gasteiger partial charge in [-0.25, -0.2) is 4.39 Å². The molecule has 7 heteroatoms. The van der Waals surface area contributed by atoms with E-state index < -0.39 is 23.1 Å². The first kappa shape index (κ1) is 23.2. The maximum absolute atomic E-state index is 14.6. The molecule has 0 saturated heterocycles. The van der Waals surface area contributed by atoms with E-state index >= 15 is 0 Å². The van der Waals surface area contributed by atoms with E-state index in [2.05, 4.69) is 5.32 Å². The number of carboxylic acid groups (broad SMARTS) is 1. The Morgan fingerprint density at radius 2 is 1.47 bits per heavy atom. The molecule has 1 amide bonds. The van der Waals surface area contributed by atoms with Gasteiger partial charge in [0.05, 0.1) is 11.1 Å². The molecule has 0 radical (unpaired) electrons. The highest BCUT2D eigenvalue weighted by Crippen LogP contribution is 2.27. The summed E-state index contributed by atoms with van der Waals surface area (Å²) in [7, 11) is 0. The van der Waals surface area contributed by atoms with Crippen LogP contribution in [0.15, 0.2) is 66.7 Å². The number of carbonyl (C=O) groups is 3. The van der Waals surface area contributed by atoms with Crippen molar-refractivity contribution in [3.05, 3.63) is 88.7 Å². The number of amides is 1. The SMILES string of the molecule is CC(C)(CC(=O)c1ccc(-c2ccc(NC(=O)c3ccc(Cl)cc3)c(F)c2)cc1)C(=O)O. The standard InChI is InChI=1S/C25H21ClFNO4/c1-25(2,24(31)32)14-22(29)16-5-3-15(4-6-16)18-9-12-21(20(27)13-18)28-23(30)17-7-10-19(26)11-8-17/h3-13H,14H2,1-2H3,(H,28,30)(H,31,32). The lowest BCUT2D eigenvalue weighted by atomic mass is 9.85. The van der Waals surface area contributed by atoms with E-state index in [1.165, 1.54) is 26.0 Å². The van der Waals surface area contributed by atoms with Crippen molar-refractivity contribution < 1.29 is 23.9 Å². The second-order valence-electron chi connectivity index (χ2n) is 8.02. The van der Waals surface area contributed by atoms with Gasteiger partial charge in [0.15, 0.2) is 5.78 Å². The van der Waals surface area contributed by atoms with Gasteiger partial charge in [0.1, 0.15) is 5.82 Å². The summed E-state index contributed by atoms with van der Waals surface area (Å²) in [6, 6.07) is 17.2. The lowest BCUT2D eigenvalue weighted by Gasteiger charge is -2.17. The van der Waals surface area contributed by atoms with Crippen molar-refractivity contribution in [1.82, 2.24) is 0 Å². The molecule has 0 atom stereocenters. The lowest BCUT2D eigenvalue weighted by molar-refractivity contribution is -0.146. The smallest absolute Gasteiger partial charge is 0.309 e. The summed E-state index contributed by atoms with van der Waals surface area (Å²) in [4.78, 5) is 35.9. The van der Waals surface area contributed by atoms with Gasteiger partial charge in [-0.15, -0.1) is 0 Å². The molecule has 0 heterocycles. The molecule has 5 nitrogen and oxygen atoms in total. The van der Waals surface area contributed by atoms with Gasteiger partial charge in [-0.05, 0) is 61.4 Å². The number of halogens is 2. The van der Waals surface area contributed by atoms with Crippen molar-refractivity contribution in [2.75, 3.05) is 5.32 Å². The van der Waals surface area contributed by atoms with Gasteiger partial charge < -0.3 is 10.4 Å². The van der Waals surface area contributed by atoms with E-state index in [0.717, 1.165) is 0 Å². The molecule has 0 aliphatic carbocycles. The maximum atomic E-state index is 14.6. The number of ketones is 1. The molecule has 0 spiro atoms. The Bertz CT molecular complexity index is 1170. The summed E-state index contributed by atoms with van der Waals surface area (Å²) in [5.74, 6) is -2.38. The molecule has 0 aliphatic rings. The van der Waals surface area contributed by atoms with Crippen molar-refractivity contribution in [3.8, 4) is 11.1 Å².